The van der Waals surface area contributed by atoms with Gasteiger partial charge in [0.05, 0.1) is 15.1 Å². The van der Waals surface area contributed by atoms with Crippen LogP contribution in [0.15, 0.2) is 52.4 Å². The number of aromatic nitrogens is 1. The third kappa shape index (κ3) is 3.58. The van der Waals surface area contributed by atoms with Crippen molar-refractivity contribution in [1.82, 2.24) is 8.87 Å². The van der Waals surface area contributed by atoms with Crippen LogP contribution in [-0.2, 0) is 16.6 Å². The van der Waals surface area contributed by atoms with Gasteiger partial charge in [0.25, 0.3) is 5.91 Å². The molecule has 27 heavy (non-hydrogen) atoms. The molecule has 0 aliphatic rings. The van der Waals surface area contributed by atoms with Gasteiger partial charge in [-0.1, -0.05) is 17.4 Å². The van der Waals surface area contributed by atoms with Crippen molar-refractivity contribution < 1.29 is 17.6 Å². The SMILES string of the molecule is CCn1c(=NC(=O)c2ccc(S(=O)(=O)N(C)C)cc2)sc2cccc(F)c21. The molecule has 1 heterocycles. The van der Waals surface area contributed by atoms with E-state index < -0.39 is 15.9 Å². The van der Waals surface area contributed by atoms with Gasteiger partial charge in [-0.3, -0.25) is 4.79 Å². The van der Waals surface area contributed by atoms with E-state index in [9.17, 15) is 17.6 Å². The second kappa shape index (κ2) is 7.34. The monoisotopic (exact) mass is 407 g/mol. The van der Waals surface area contributed by atoms with Gasteiger partial charge in [-0.25, -0.2) is 17.1 Å². The van der Waals surface area contributed by atoms with Crippen molar-refractivity contribution in [2.75, 3.05) is 14.1 Å². The highest BCUT2D eigenvalue weighted by Gasteiger charge is 2.17. The molecule has 3 aromatic rings. The van der Waals surface area contributed by atoms with Crippen LogP contribution >= 0.6 is 11.3 Å². The van der Waals surface area contributed by atoms with Crippen LogP contribution in [0.1, 0.15) is 17.3 Å². The van der Waals surface area contributed by atoms with E-state index in [1.54, 1.807) is 16.7 Å². The second-order valence-electron chi connectivity index (χ2n) is 5.94. The summed E-state index contributed by atoms with van der Waals surface area (Å²) >= 11 is 1.23. The van der Waals surface area contributed by atoms with Crippen LogP contribution in [0.25, 0.3) is 10.2 Å². The molecular weight excluding hydrogens is 389 g/mol. The Labute approximate surface area is 160 Å². The van der Waals surface area contributed by atoms with E-state index in [0.717, 1.165) is 4.31 Å². The first-order valence-electron chi connectivity index (χ1n) is 8.15. The maximum atomic E-state index is 14.1. The summed E-state index contributed by atoms with van der Waals surface area (Å²) in [6, 6.07) is 10.4. The number of para-hydroxylation sites is 1. The number of fused-ring (bicyclic) bond motifs is 1. The Bertz CT molecular complexity index is 1180. The molecule has 0 saturated heterocycles. The Morgan fingerprint density at radius 2 is 1.85 bits per heavy atom. The van der Waals surface area contributed by atoms with Gasteiger partial charge in [-0.15, -0.1) is 0 Å². The fraction of sp³-hybridized carbons (Fsp3) is 0.222. The number of benzene rings is 2. The zero-order valence-corrected chi connectivity index (χ0v) is 16.6. The van der Waals surface area contributed by atoms with E-state index in [-0.39, 0.29) is 16.3 Å². The molecule has 0 aliphatic heterocycles. The average molecular weight is 407 g/mol. The average Bonchev–Trinajstić information content (AvgIpc) is 3.00. The number of amides is 1. The van der Waals surface area contributed by atoms with Crippen LogP contribution in [0.2, 0.25) is 0 Å². The minimum atomic E-state index is -3.56. The third-order valence-corrected chi connectivity index (χ3v) is 6.92. The number of thiazole rings is 1. The quantitative estimate of drug-likeness (QED) is 0.668. The molecule has 0 atom stereocenters. The topological polar surface area (TPSA) is 71.7 Å². The van der Waals surface area contributed by atoms with E-state index in [1.165, 1.54) is 55.8 Å². The molecular formula is C18H18FN3O3S2. The van der Waals surface area contributed by atoms with Crippen molar-refractivity contribution in [3.05, 3.63) is 58.6 Å². The summed E-state index contributed by atoms with van der Waals surface area (Å²) in [5.74, 6) is -0.879. The molecule has 1 aromatic heterocycles. The molecule has 3 rings (SSSR count). The predicted molar refractivity (Wildman–Crippen MR) is 103 cm³/mol. The van der Waals surface area contributed by atoms with E-state index in [0.29, 0.717) is 21.6 Å². The van der Waals surface area contributed by atoms with Crippen LogP contribution in [0.4, 0.5) is 4.39 Å². The zero-order valence-electron chi connectivity index (χ0n) is 15.0. The Balaban J connectivity index is 2.03. The predicted octanol–water partition coefficient (Wildman–Crippen LogP) is 2.85. The van der Waals surface area contributed by atoms with Crippen LogP contribution in [0, 0.1) is 5.82 Å². The van der Waals surface area contributed by atoms with Crippen LogP contribution in [0.3, 0.4) is 0 Å². The molecule has 0 spiro atoms. The molecule has 0 saturated carbocycles. The van der Waals surface area contributed by atoms with Gasteiger partial charge in [0.15, 0.2) is 4.80 Å². The van der Waals surface area contributed by atoms with E-state index in [1.807, 2.05) is 6.92 Å². The first kappa shape index (κ1) is 19.4. The van der Waals surface area contributed by atoms with Crippen molar-refractivity contribution in [1.29, 1.82) is 0 Å². The standard InChI is InChI=1S/C18H18FN3O3S2/c1-4-22-16-14(19)6-5-7-15(16)26-18(22)20-17(23)12-8-10-13(11-9-12)27(24,25)21(2)3/h5-11H,4H2,1-3H3. The maximum absolute atomic E-state index is 14.1. The summed E-state index contributed by atoms with van der Waals surface area (Å²) in [5.41, 5.74) is 0.678. The first-order chi connectivity index (χ1) is 12.8. The van der Waals surface area contributed by atoms with Gasteiger partial charge in [-0.05, 0) is 43.3 Å². The Hall–Kier alpha value is -2.36. The first-order valence-corrected chi connectivity index (χ1v) is 10.4. The van der Waals surface area contributed by atoms with Crippen molar-refractivity contribution in [3.63, 3.8) is 0 Å². The molecule has 0 bridgehead atoms. The largest absolute Gasteiger partial charge is 0.314 e. The van der Waals surface area contributed by atoms with Gasteiger partial charge in [0, 0.05) is 26.2 Å². The molecule has 0 radical (unpaired) electrons. The van der Waals surface area contributed by atoms with Gasteiger partial charge in [-0.2, -0.15) is 4.99 Å². The highest BCUT2D eigenvalue weighted by Crippen LogP contribution is 2.20. The van der Waals surface area contributed by atoms with E-state index >= 15 is 0 Å². The van der Waals surface area contributed by atoms with Gasteiger partial charge in [0.2, 0.25) is 10.0 Å². The molecule has 0 unspecified atom stereocenters. The number of aryl methyl sites for hydroxylation is 1. The van der Waals surface area contributed by atoms with Crippen molar-refractivity contribution in [2.45, 2.75) is 18.4 Å². The van der Waals surface area contributed by atoms with Crippen LogP contribution in [-0.4, -0.2) is 37.3 Å². The lowest BCUT2D eigenvalue weighted by Crippen LogP contribution is -2.22. The number of rotatable bonds is 4. The highest BCUT2D eigenvalue weighted by molar-refractivity contribution is 7.89. The Morgan fingerprint density at radius 3 is 2.44 bits per heavy atom. The van der Waals surface area contributed by atoms with Crippen molar-refractivity contribution >= 4 is 37.5 Å². The number of carbonyl (C=O) groups excluding carboxylic acids is 1. The summed E-state index contributed by atoms with van der Waals surface area (Å²) in [6.07, 6.45) is 0. The minimum absolute atomic E-state index is 0.0941. The van der Waals surface area contributed by atoms with Gasteiger partial charge >= 0.3 is 0 Å². The number of halogens is 1. The van der Waals surface area contributed by atoms with Crippen molar-refractivity contribution in [2.24, 2.45) is 4.99 Å². The lowest BCUT2D eigenvalue weighted by Gasteiger charge is -2.11. The van der Waals surface area contributed by atoms with Crippen LogP contribution < -0.4 is 4.80 Å². The zero-order chi connectivity index (χ0) is 19.8. The third-order valence-electron chi connectivity index (χ3n) is 4.05. The summed E-state index contributed by atoms with van der Waals surface area (Å²) < 4.78 is 41.8. The van der Waals surface area contributed by atoms with Crippen LogP contribution in [0.5, 0.6) is 0 Å². The summed E-state index contributed by atoms with van der Waals surface area (Å²) in [6.45, 7) is 2.32. The Kier molecular flexibility index (Phi) is 5.27. The lowest BCUT2D eigenvalue weighted by atomic mass is 10.2. The number of hydrogen-bond donors (Lipinski definition) is 0. The number of nitrogens with zero attached hydrogens (tertiary/aromatic N) is 3. The molecule has 1 amide bonds. The molecule has 0 N–H and O–H groups in total. The number of sulfonamides is 1. The summed E-state index contributed by atoms with van der Waals surface area (Å²) in [5, 5.41) is 0. The smallest absolute Gasteiger partial charge is 0.279 e. The Morgan fingerprint density at radius 1 is 1.19 bits per heavy atom. The van der Waals surface area contributed by atoms with E-state index in [2.05, 4.69) is 4.99 Å². The molecule has 6 nitrogen and oxygen atoms in total. The van der Waals surface area contributed by atoms with Gasteiger partial charge in [0.1, 0.15) is 5.82 Å². The lowest BCUT2D eigenvalue weighted by molar-refractivity contribution is 0.0997. The molecule has 142 valence electrons. The van der Waals surface area contributed by atoms with Crippen molar-refractivity contribution in [3.8, 4) is 0 Å². The maximum Gasteiger partial charge on any atom is 0.279 e. The summed E-state index contributed by atoms with van der Waals surface area (Å²) in [4.78, 5) is 17.1. The number of carbonyl (C=O) groups is 1. The van der Waals surface area contributed by atoms with Gasteiger partial charge < -0.3 is 4.57 Å². The second-order valence-corrected chi connectivity index (χ2v) is 9.11. The fourth-order valence-electron chi connectivity index (χ4n) is 2.60. The normalized spacial score (nSPS) is 12.9. The molecule has 0 aliphatic carbocycles. The van der Waals surface area contributed by atoms with E-state index in [4.69, 9.17) is 0 Å². The molecule has 0 fully saturated rings. The fourth-order valence-corrected chi connectivity index (χ4v) is 4.61. The molecule has 9 heteroatoms. The highest BCUT2D eigenvalue weighted by atomic mass is 32.2. The number of hydrogen-bond acceptors (Lipinski definition) is 4. The minimum Gasteiger partial charge on any atom is -0.314 e. The summed E-state index contributed by atoms with van der Waals surface area (Å²) in [7, 11) is -0.687. The molecule has 2 aromatic carbocycles.